The van der Waals surface area contributed by atoms with E-state index >= 15 is 0 Å². The van der Waals surface area contributed by atoms with Crippen molar-refractivity contribution in [1.29, 1.82) is 0 Å². The molecule has 1 N–H and O–H groups in total. The number of aromatic nitrogens is 2. The number of amides is 1. The Morgan fingerprint density at radius 1 is 1.28 bits per heavy atom. The normalized spacial score (nSPS) is 25.0. The number of nitrogens with zero attached hydrogens (tertiary/aromatic N) is 2. The first-order valence-corrected chi connectivity index (χ1v) is 9.02. The lowest BCUT2D eigenvalue weighted by atomic mass is 10.1. The van der Waals surface area contributed by atoms with Crippen LogP contribution in [0.15, 0.2) is 30.5 Å². The molecule has 132 valence electrons. The van der Waals surface area contributed by atoms with Crippen molar-refractivity contribution in [3.8, 4) is 11.3 Å². The smallest absolute Gasteiger partial charge is 0.411 e. The number of likely N-dealkylation sites (tertiary alicyclic amines) is 1. The minimum absolute atomic E-state index is 0.0420. The number of nitrogens with one attached hydrogen (secondary N) is 1. The van der Waals surface area contributed by atoms with Crippen molar-refractivity contribution in [2.75, 3.05) is 0 Å². The summed E-state index contributed by atoms with van der Waals surface area (Å²) in [6.07, 6.45) is 3.65. The van der Waals surface area contributed by atoms with Gasteiger partial charge in [0.2, 0.25) is 0 Å². The van der Waals surface area contributed by atoms with Crippen molar-refractivity contribution >= 4 is 17.7 Å². The Labute approximate surface area is 152 Å². The number of H-pyrrole nitrogens is 1. The van der Waals surface area contributed by atoms with Crippen molar-refractivity contribution in [2.45, 2.75) is 51.3 Å². The Hall–Kier alpha value is -2.01. The average Bonchev–Trinajstić information content (AvgIpc) is 2.97. The summed E-state index contributed by atoms with van der Waals surface area (Å²) in [5.74, 6) is 1.39. The van der Waals surface area contributed by atoms with Gasteiger partial charge in [0.25, 0.3) is 0 Å². The third-order valence-corrected chi connectivity index (χ3v) is 5.01. The van der Waals surface area contributed by atoms with Crippen LogP contribution in [0, 0.1) is 5.92 Å². The molecule has 2 fully saturated rings. The summed E-state index contributed by atoms with van der Waals surface area (Å²) in [4.78, 5) is 22.5. The summed E-state index contributed by atoms with van der Waals surface area (Å²) in [6, 6.07) is 7.84. The Balaban J connectivity index is 1.57. The maximum atomic E-state index is 12.6. The quantitative estimate of drug-likeness (QED) is 0.837. The molecule has 4 rings (SSSR count). The zero-order chi connectivity index (χ0) is 17.8. The number of fused-ring (bicyclic) bond motifs is 1. The van der Waals surface area contributed by atoms with Crippen molar-refractivity contribution in [1.82, 2.24) is 14.9 Å². The predicted octanol–water partition coefficient (Wildman–Crippen LogP) is 4.80. The number of imidazole rings is 1. The molecule has 0 radical (unpaired) electrons. The van der Waals surface area contributed by atoms with E-state index in [1.165, 1.54) is 0 Å². The highest BCUT2D eigenvalue weighted by atomic mass is 35.5. The number of piperidine rings is 1. The Bertz CT molecular complexity index is 794. The number of hydrogen-bond acceptors (Lipinski definition) is 3. The summed E-state index contributed by atoms with van der Waals surface area (Å²) in [5.41, 5.74) is 1.36. The topological polar surface area (TPSA) is 58.2 Å². The van der Waals surface area contributed by atoms with Crippen LogP contribution in [0.5, 0.6) is 0 Å². The molecule has 1 saturated heterocycles. The van der Waals surface area contributed by atoms with Crippen molar-refractivity contribution < 1.29 is 9.53 Å². The van der Waals surface area contributed by atoms with Gasteiger partial charge in [-0.3, -0.25) is 4.90 Å². The van der Waals surface area contributed by atoms with E-state index in [4.69, 9.17) is 21.3 Å². The van der Waals surface area contributed by atoms with E-state index in [1.54, 1.807) is 0 Å². The van der Waals surface area contributed by atoms with Crippen LogP contribution in [0.4, 0.5) is 4.79 Å². The van der Waals surface area contributed by atoms with Crippen LogP contribution >= 0.6 is 11.6 Å². The molecule has 2 aliphatic rings. The zero-order valence-electron chi connectivity index (χ0n) is 14.6. The van der Waals surface area contributed by atoms with Gasteiger partial charge in [-0.15, -0.1) is 0 Å². The molecule has 1 aliphatic carbocycles. The number of halogens is 1. The van der Waals surface area contributed by atoms with Gasteiger partial charge < -0.3 is 9.72 Å². The highest BCUT2D eigenvalue weighted by Crippen LogP contribution is 2.53. The van der Waals surface area contributed by atoms with E-state index in [2.05, 4.69) is 4.98 Å². The summed E-state index contributed by atoms with van der Waals surface area (Å²) in [6.45, 7) is 5.68. The van der Waals surface area contributed by atoms with Gasteiger partial charge in [0.1, 0.15) is 11.4 Å². The van der Waals surface area contributed by atoms with Crippen LogP contribution in [0.25, 0.3) is 11.3 Å². The molecule has 0 bridgehead atoms. The van der Waals surface area contributed by atoms with Gasteiger partial charge in [-0.25, -0.2) is 9.78 Å². The summed E-state index contributed by atoms with van der Waals surface area (Å²) in [5, 5.41) is 0.700. The van der Waals surface area contributed by atoms with Crippen molar-refractivity contribution in [3.63, 3.8) is 0 Å². The van der Waals surface area contributed by atoms with Gasteiger partial charge in [0.15, 0.2) is 0 Å². The maximum Gasteiger partial charge on any atom is 0.411 e. The van der Waals surface area contributed by atoms with Crippen LogP contribution in [0.2, 0.25) is 5.02 Å². The number of rotatable bonds is 2. The first-order valence-electron chi connectivity index (χ1n) is 8.64. The van der Waals surface area contributed by atoms with Crippen LogP contribution in [-0.4, -0.2) is 32.6 Å². The number of aromatic amines is 1. The predicted molar refractivity (Wildman–Crippen MR) is 96.4 cm³/mol. The second-order valence-electron chi connectivity index (χ2n) is 7.88. The van der Waals surface area contributed by atoms with Gasteiger partial charge >= 0.3 is 6.09 Å². The van der Waals surface area contributed by atoms with Crippen molar-refractivity contribution in [3.05, 3.63) is 41.3 Å². The summed E-state index contributed by atoms with van der Waals surface area (Å²) < 4.78 is 5.61. The minimum atomic E-state index is -0.494. The number of carbonyl (C=O) groups excluding carboxylic acids is 1. The molecule has 1 aliphatic heterocycles. The third kappa shape index (κ3) is 3.25. The molecule has 1 amide bonds. The molecular formula is C19H22ClN3O2. The lowest BCUT2D eigenvalue weighted by molar-refractivity contribution is 0.0175. The Kier molecular flexibility index (Phi) is 3.80. The molecular weight excluding hydrogens is 338 g/mol. The van der Waals surface area contributed by atoms with Gasteiger partial charge in [-0.1, -0.05) is 23.7 Å². The summed E-state index contributed by atoms with van der Waals surface area (Å²) in [7, 11) is 0. The minimum Gasteiger partial charge on any atom is -0.444 e. The molecule has 2 aromatic rings. The second kappa shape index (κ2) is 5.77. The fraction of sp³-hybridized carbons (Fsp3) is 0.474. The van der Waals surface area contributed by atoms with Gasteiger partial charge in [-0.05, 0) is 51.7 Å². The third-order valence-electron chi connectivity index (χ3n) is 4.76. The van der Waals surface area contributed by atoms with Crippen molar-refractivity contribution in [2.24, 2.45) is 5.92 Å². The first-order chi connectivity index (χ1) is 11.8. The lowest BCUT2D eigenvalue weighted by Crippen LogP contribution is -2.38. The zero-order valence-corrected chi connectivity index (χ0v) is 15.4. The lowest BCUT2D eigenvalue weighted by Gasteiger charge is -2.29. The van der Waals surface area contributed by atoms with E-state index in [-0.39, 0.29) is 12.1 Å². The number of benzene rings is 1. The van der Waals surface area contributed by atoms with Gasteiger partial charge in [0, 0.05) is 22.8 Å². The summed E-state index contributed by atoms with van der Waals surface area (Å²) >= 11 is 5.95. The monoisotopic (exact) mass is 359 g/mol. The van der Waals surface area contributed by atoms with E-state index in [1.807, 2.05) is 56.1 Å². The highest BCUT2D eigenvalue weighted by Gasteiger charge is 2.56. The van der Waals surface area contributed by atoms with E-state index in [9.17, 15) is 4.79 Å². The van der Waals surface area contributed by atoms with Crippen LogP contribution < -0.4 is 0 Å². The van der Waals surface area contributed by atoms with E-state index in [0.29, 0.717) is 17.0 Å². The molecule has 5 nitrogen and oxygen atoms in total. The molecule has 1 aromatic carbocycles. The van der Waals surface area contributed by atoms with Gasteiger partial charge in [0.05, 0.1) is 11.7 Å². The molecule has 3 atom stereocenters. The Morgan fingerprint density at radius 2 is 2.00 bits per heavy atom. The fourth-order valence-electron chi connectivity index (χ4n) is 3.55. The highest BCUT2D eigenvalue weighted by molar-refractivity contribution is 6.30. The first kappa shape index (κ1) is 16.5. The standard InChI is InChI=1S/C19H22ClN3O2/c1-19(2,3)25-18(24)23-15-8-12(15)9-16(23)17-21-10-14(22-17)11-4-6-13(20)7-5-11/h4-7,10,12,15-16H,8-9H2,1-3H3,(H,21,22)/t12-,15-,16?/m1/s1. The average molecular weight is 360 g/mol. The largest absolute Gasteiger partial charge is 0.444 e. The van der Waals surface area contributed by atoms with Crippen LogP contribution in [0.3, 0.4) is 0 Å². The van der Waals surface area contributed by atoms with E-state index < -0.39 is 5.60 Å². The molecule has 6 heteroatoms. The number of ether oxygens (including phenoxy) is 1. The maximum absolute atomic E-state index is 12.6. The second-order valence-corrected chi connectivity index (χ2v) is 8.32. The molecule has 1 unspecified atom stereocenters. The molecule has 1 saturated carbocycles. The fourth-order valence-corrected chi connectivity index (χ4v) is 3.68. The number of hydrogen-bond donors (Lipinski definition) is 1. The van der Waals surface area contributed by atoms with Crippen LogP contribution in [-0.2, 0) is 4.74 Å². The Morgan fingerprint density at radius 3 is 2.68 bits per heavy atom. The molecule has 25 heavy (non-hydrogen) atoms. The molecule has 2 heterocycles. The van der Waals surface area contributed by atoms with E-state index in [0.717, 1.165) is 29.9 Å². The van der Waals surface area contributed by atoms with Crippen LogP contribution in [0.1, 0.15) is 45.5 Å². The van der Waals surface area contributed by atoms with Gasteiger partial charge in [-0.2, -0.15) is 0 Å². The number of carbonyl (C=O) groups is 1. The molecule has 1 aromatic heterocycles. The molecule has 0 spiro atoms. The SMILES string of the molecule is CC(C)(C)OC(=O)N1C(c2nc(-c3ccc(Cl)cc3)c[nH]2)C[C@H]2C[C@H]21.